The van der Waals surface area contributed by atoms with E-state index in [0.717, 1.165) is 17.3 Å². The van der Waals surface area contributed by atoms with E-state index in [1.807, 2.05) is 0 Å². The van der Waals surface area contributed by atoms with Crippen molar-refractivity contribution in [1.29, 1.82) is 0 Å². The van der Waals surface area contributed by atoms with Crippen LogP contribution in [0.2, 0.25) is 0 Å². The van der Waals surface area contributed by atoms with Gasteiger partial charge in [0.15, 0.2) is 0 Å². The van der Waals surface area contributed by atoms with Crippen LogP contribution >= 0.6 is 0 Å². The monoisotopic (exact) mass is 326 g/mol. The van der Waals surface area contributed by atoms with Gasteiger partial charge in [-0.05, 0) is 18.6 Å². The molecule has 1 aliphatic heterocycles. The van der Waals surface area contributed by atoms with Crippen molar-refractivity contribution in [2.45, 2.75) is 32.6 Å². The number of carbonyl (C=O) groups is 1. The van der Waals surface area contributed by atoms with Gasteiger partial charge < -0.3 is 14.6 Å². The number of para-hydroxylation sites is 1. The first-order chi connectivity index (χ1) is 10.9. The third kappa shape index (κ3) is 2.81. The molecule has 0 unspecified atom stereocenters. The second-order valence-corrected chi connectivity index (χ2v) is 5.44. The molecule has 0 radical (unpaired) electrons. The van der Waals surface area contributed by atoms with Gasteiger partial charge in [0.1, 0.15) is 6.54 Å². The average Bonchev–Trinajstić information content (AvgIpc) is 2.81. The molecule has 2 heterocycles. The highest BCUT2D eigenvalue weighted by molar-refractivity contribution is 5.90. The van der Waals surface area contributed by atoms with E-state index in [1.54, 1.807) is 13.0 Å². The molecule has 124 valence electrons. The summed E-state index contributed by atoms with van der Waals surface area (Å²) in [5.74, 6) is -0.525. The van der Waals surface area contributed by atoms with Crippen molar-refractivity contribution < 1.29 is 22.7 Å². The molecule has 23 heavy (non-hydrogen) atoms. The summed E-state index contributed by atoms with van der Waals surface area (Å²) in [5.41, 5.74) is 0.973. The third-order valence-corrected chi connectivity index (χ3v) is 4.04. The number of aromatic nitrogens is 1. The lowest BCUT2D eigenvalue weighted by molar-refractivity contribution is -0.144. The van der Waals surface area contributed by atoms with Crippen molar-refractivity contribution in [1.82, 2.24) is 9.88 Å². The normalized spacial score (nSPS) is 14.8. The molecule has 0 spiro atoms. The fraction of sp³-hybridized carbons (Fsp3) is 0.438. The lowest BCUT2D eigenvalue weighted by atomic mass is 10.0. The molecule has 1 aliphatic rings. The average molecular weight is 326 g/mol. The molecule has 0 saturated carbocycles. The van der Waals surface area contributed by atoms with Gasteiger partial charge >= 0.3 is 12.1 Å². The van der Waals surface area contributed by atoms with E-state index >= 15 is 0 Å². The first-order valence-corrected chi connectivity index (χ1v) is 7.50. The van der Waals surface area contributed by atoms with Crippen LogP contribution in [0.3, 0.4) is 0 Å². The second-order valence-electron chi connectivity index (χ2n) is 5.44. The third-order valence-electron chi connectivity index (χ3n) is 4.04. The Balaban J connectivity index is 2.24. The Bertz CT molecular complexity index is 750. The quantitative estimate of drug-likeness (QED) is 0.882. The van der Waals surface area contributed by atoms with Crippen molar-refractivity contribution in [3.05, 3.63) is 35.0 Å². The van der Waals surface area contributed by atoms with Gasteiger partial charge in [0.2, 0.25) is 0 Å². The Kier molecular flexibility index (Phi) is 4.06. The molecular weight excluding hydrogens is 309 g/mol. The number of ether oxygens (including phenoxy) is 1. The van der Waals surface area contributed by atoms with Crippen LogP contribution in [-0.2, 0) is 35.2 Å². The minimum atomic E-state index is -4.47. The van der Waals surface area contributed by atoms with Crippen LogP contribution in [-0.4, -0.2) is 23.7 Å². The molecular formula is C16H17F3N2O2. The number of nitrogens with one attached hydrogen (secondary N) is 1. The van der Waals surface area contributed by atoms with Crippen molar-refractivity contribution in [2.24, 2.45) is 0 Å². The fourth-order valence-corrected chi connectivity index (χ4v) is 3.17. The van der Waals surface area contributed by atoms with Crippen LogP contribution in [0.15, 0.2) is 18.2 Å². The van der Waals surface area contributed by atoms with Crippen molar-refractivity contribution in [3.8, 4) is 0 Å². The maximum atomic E-state index is 13.4. The Morgan fingerprint density at radius 3 is 2.87 bits per heavy atom. The van der Waals surface area contributed by atoms with Crippen molar-refractivity contribution in [2.75, 3.05) is 13.2 Å². The van der Waals surface area contributed by atoms with Crippen LogP contribution < -0.4 is 5.32 Å². The number of esters is 1. The lowest BCUT2D eigenvalue weighted by Gasteiger charge is -2.17. The van der Waals surface area contributed by atoms with Gasteiger partial charge in [-0.1, -0.05) is 12.1 Å². The molecule has 0 atom stereocenters. The van der Waals surface area contributed by atoms with E-state index in [2.05, 4.69) is 5.32 Å². The summed E-state index contributed by atoms with van der Waals surface area (Å²) in [6, 6.07) is 4.15. The molecule has 0 amide bonds. The molecule has 0 bridgehead atoms. The zero-order valence-electron chi connectivity index (χ0n) is 12.7. The van der Waals surface area contributed by atoms with Crippen LogP contribution in [0.5, 0.6) is 0 Å². The number of hydrogen-bond donors (Lipinski definition) is 1. The van der Waals surface area contributed by atoms with Gasteiger partial charge in [0.25, 0.3) is 0 Å². The van der Waals surface area contributed by atoms with Crippen molar-refractivity contribution >= 4 is 16.9 Å². The molecule has 1 aromatic carbocycles. The van der Waals surface area contributed by atoms with Gasteiger partial charge in [-0.25, -0.2) is 0 Å². The molecule has 0 aliphatic carbocycles. The smallest absolute Gasteiger partial charge is 0.418 e. The molecule has 4 nitrogen and oxygen atoms in total. The minimum absolute atomic E-state index is 0.0711. The van der Waals surface area contributed by atoms with Crippen LogP contribution in [0, 0.1) is 0 Å². The van der Waals surface area contributed by atoms with Gasteiger partial charge in [-0.15, -0.1) is 0 Å². The predicted molar refractivity (Wildman–Crippen MR) is 79.0 cm³/mol. The number of rotatable bonds is 3. The number of benzene rings is 1. The summed E-state index contributed by atoms with van der Waals surface area (Å²) in [6.45, 7) is 2.85. The summed E-state index contributed by atoms with van der Waals surface area (Å²) in [7, 11) is 0. The number of alkyl halides is 3. The summed E-state index contributed by atoms with van der Waals surface area (Å²) >= 11 is 0. The second kappa shape index (κ2) is 5.88. The van der Waals surface area contributed by atoms with Gasteiger partial charge in [-0.3, -0.25) is 4.79 Å². The molecule has 1 aromatic heterocycles. The summed E-state index contributed by atoms with van der Waals surface area (Å²) in [4.78, 5) is 11.9. The van der Waals surface area contributed by atoms with Crippen LogP contribution in [0.25, 0.3) is 10.9 Å². The Morgan fingerprint density at radius 1 is 1.39 bits per heavy atom. The number of hydrogen-bond acceptors (Lipinski definition) is 3. The van der Waals surface area contributed by atoms with Gasteiger partial charge in [0, 0.05) is 30.6 Å². The molecule has 2 aromatic rings. The Hall–Kier alpha value is -2.02. The SMILES string of the molecule is CCOC(=O)Cn1c2c(c3cccc(C(F)(F)F)c31)CNCC2. The van der Waals surface area contributed by atoms with Crippen LogP contribution in [0.4, 0.5) is 13.2 Å². The minimum Gasteiger partial charge on any atom is -0.465 e. The number of fused-ring (bicyclic) bond motifs is 3. The van der Waals surface area contributed by atoms with E-state index in [-0.39, 0.29) is 18.7 Å². The zero-order chi connectivity index (χ0) is 16.6. The topological polar surface area (TPSA) is 43.3 Å². The molecule has 0 saturated heterocycles. The summed E-state index contributed by atoms with van der Waals surface area (Å²) < 4.78 is 46.6. The zero-order valence-corrected chi connectivity index (χ0v) is 12.7. The van der Waals surface area contributed by atoms with E-state index in [1.165, 1.54) is 10.6 Å². The predicted octanol–water partition coefficient (Wildman–Crippen LogP) is 2.87. The molecule has 1 N–H and O–H groups in total. The first kappa shape index (κ1) is 15.9. The largest absolute Gasteiger partial charge is 0.465 e. The fourth-order valence-electron chi connectivity index (χ4n) is 3.17. The number of carbonyl (C=O) groups excluding carboxylic acids is 1. The van der Waals surface area contributed by atoms with Gasteiger partial charge in [0.05, 0.1) is 17.7 Å². The molecule has 0 fully saturated rings. The van der Waals surface area contributed by atoms with Crippen molar-refractivity contribution in [3.63, 3.8) is 0 Å². The van der Waals surface area contributed by atoms with E-state index in [0.29, 0.717) is 24.9 Å². The summed E-state index contributed by atoms with van der Waals surface area (Å²) in [5, 5.41) is 3.72. The molecule has 7 heteroatoms. The summed E-state index contributed by atoms with van der Waals surface area (Å²) in [6.07, 6.45) is -3.89. The van der Waals surface area contributed by atoms with E-state index < -0.39 is 17.7 Å². The van der Waals surface area contributed by atoms with E-state index in [4.69, 9.17) is 4.74 Å². The standard InChI is InChI=1S/C16H17F3N2O2/c1-2-23-14(22)9-21-13-6-7-20-8-11(13)10-4-3-5-12(15(10)21)16(17,18)19/h3-5,20H,2,6-9H2,1H3. The number of nitrogens with zero attached hydrogens (tertiary/aromatic N) is 1. The Labute approximate surface area is 131 Å². The highest BCUT2D eigenvalue weighted by Gasteiger charge is 2.35. The maximum absolute atomic E-state index is 13.4. The Morgan fingerprint density at radius 2 is 2.17 bits per heavy atom. The lowest BCUT2D eigenvalue weighted by Crippen LogP contribution is -2.26. The van der Waals surface area contributed by atoms with Crippen LogP contribution in [0.1, 0.15) is 23.7 Å². The highest BCUT2D eigenvalue weighted by atomic mass is 19.4. The van der Waals surface area contributed by atoms with E-state index in [9.17, 15) is 18.0 Å². The molecule has 3 rings (SSSR count). The van der Waals surface area contributed by atoms with Gasteiger partial charge in [-0.2, -0.15) is 13.2 Å². The number of halogens is 3. The first-order valence-electron chi connectivity index (χ1n) is 7.50. The highest BCUT2D eigenvalue weighted by Crippen LogP contribution is 2.38. The maximum Gasteiger partial charge on any atom is 0.418 e.